The van der Waals surface area contributed by atoms with Crippen molar-refractivity contribution >= 4 is 28.4 Å². The van der Waals surface area contributed by atoms with Crippen molar-refractivity contribution in [2.75, 3.05) is 0 Å². The Morgan fingerprint density at radius 1 is 1.27 bits per heavy atom. The fourth-order valence-electron chi connectivity index (χ4n) is 4.16. The smallest absolute Gasteiger partial charge is 0.220 e. The molecule has 0 spiro atoms. The maximum atomic E-state index is 12.5. The minimum atomic E-state index is -1.09. The van der Waals surface area contributed by atoms with Crippen molar-refractivity contribution in [2.45, 2.75) is 50.2 Å². The molecule has 0 aliphatic heterocycles. The molecule has 0 saturated heterocycles. The molecule has 4 rings (SSSR count). The quantitative estimate of drug-likeness (QED) is 0.540. The van der Waals surface area contributed by atoms with Gasteiger partial charge in [-0.05, 0) is 61.6 Å². The molecule has 2 aromatic carbocycles. The number of aryl methyl sites for hydroxylation is 1. The van der Waals surface area contributed by atoms with E-state index in [1.807, 2.05) is 36.5 Å². The van der Waals surface area contributed by atoms with Crippen LogP contribution in [0.5, 0.6) is 0 Å². The summed E-state index contributed by atoms with van der Waals surface area (Å²) in [6, 6.07) is 15.4. The molecule has 4 nitrogen and oxygen atoms in total. The Morgan fingerprint density at radius 3 is 3.00 bits per heavy atom. The van der Waals surface area contributed by atoms with E-state index in [1.54, 1.807) is 12.1 Å². The monoisotopic (exact) mass is 420 g/mol. The minimum Gasteiger partial charge on any atom is -0.378 e. The zero-order valence-corrected chi connectivity index (χ0v) is 17.5. The highest BCUT2D eigenvalue weighted by atomic mass is 35.5. The molecule has 3 aromatic rings. The van der Waals surface area contributed by atoms with Gasteiger partial charge in [0.05, 0.1) is 0 Å². The van der Waals surface area contributed by atoms with Crippen molar-refractivity contribution in [1.29, 1.82) is 0 Å². The number of aromatic nitrogens is 1. The summed E-state index contributed by atoms with van der Waals surface area (Å²) >= 11 is 6.00. The minimum absolute atomic E-state index is 0.0135. The van der Waals surface area contributed by atoms with Gasteiger partial charge in [-0.1, -0.05) is 41.6 Å². The van der Waals surface area contributed by atoms with Crippen LogP contribution in [0.4, 0.5) is 0 Å². The van der Waals surface area contributed by atoms with Crippen LogP contribution >= 0.6 is 11.6 Å². The summed E-state index contributed by atoms with van der Waals surface area (Å²) in [6.07, 6.45) is 5.78. The molecule has 1 aromatic heterocycles. The number of hydrogen-bond donors (Lipinski definition) is 3. The predicted octanol–water partition coefficient (Wildman–Crippen LogP) is 4.60. The molecule has 5 heteroatoms. The van der Waals surface area contributed by atoms with E-state index < -0.39 is 5.60 Å². The number of nitrogens with one attached hydrogen (secondary N) is 2. The molecule has 1 amide bonds. The van der Waals surface area contributed by atoms with E-state index >= 15 is 0 Å². The van der Waals surface area contributed by atoms with Crippen LogP contribution in [0.25, 0.3) is 10.9 Å². The largest absolute Gasteiger partial charge is 0.378 e. The fraction of sp³-hybridized carbons (Fsp3) is 0.320. The summed E-state index contributed by atoms with van der Waals surface area (Å²) in [7, 11) is 0. The van der Waals surface area contributed by atoms with Crippen LogP contribution in [0.3, 0.4) is 0 Å². The molecule has 1 heterocycles. The molecule has 154 valence electrons. The molecule has 1 aliphatic rings. The molecule has 1 saturated carbocycles. The number of aliphatic hydroxyl groups is 1. The summed E-state index contributed by atoms with van der Waals surface area (Å²) < 4.78 is 0. The maximum Gasteiger partial charge on any atom is 0.220 e. The van der Waals surface area contributed by atoms with Gasteiger partial charge in [0, 0.05) is 46.6 Å². The molecule has 0 radical (unpaired) electrons. The molecule has 0 bridgehead atoms. The Hall–Kier alpha value is -2.74. The van der Waals surface area contributed by atoms with Gasteiger partial charge in [-0.3, -0.25) is 4.79 Å². The summed E-state index contributed by atoms with van der Waals surface area (Å²) in [4.78, 5) is 15.7. The number of rotatable bonds is 4. The number of H-pyrrole nitrogens is 1. The second-order valence-corrected chi connectivity index (χ2v) is 8.45. The first kappa shape index (κ1) is 20.5. The van der Waals surface area contributed by atoms with E-state index in [-0.39, 0.29) is 11.9 Å². The number of aromatic amines is 1. The topological polar surface area (TPSA) is 65.1 Å². The lowest BCUT2D eigenvalue weighted by atomic mass is 9.82. The molecule has 1 fully saturated rings. The summed E-state index contributed by atoms with van der Waals surface area (Å²) in [5, 5.41) is 15.8. The normalized spacial score (nSPS) is 21.1. The van der Waals surface area contributed by atoms with Crippen molar-refractivity contribution in [2.24, 2.45) is 0 Å². The van der Waals surface area contributed by atoms with Crippen LogP contribution in [0.15, 0.2) is 54.7 Å². The van der Waals surface area contributed by atoms with Crippen LogP contribution in [0, 0.1) is 11.8 Å². The van der Waals surface area contributed by atoms with Crippen molar-refractivity contribution < 1.29 is 9.90 Å². The second-order valence-electron chi connectivity index (χ2n) is 8.01. The highest BCUT2D eigenvalue weighted by Gasteiger charge is 2.33. The van der Waals surface area contributed by atoms with Crippen LogP contribution in [-0.2, 0) is 11.2 Å². The van der Waals surface area contributed by atoms with Gasteiger partial charge in [-0.25, -0.2) is 0 Å². The van der Waals surface area contributed by atoms with E-state index in [4.69, 9.17) is 11.6 Å². The first-order valence-corrected chi connectivity index (χ1v) is 10.7. The second kappa shape index (κ2) is 8.95. The summed E-state index contributed by atoms with van der Waals surface area (Å²) in [5.41, 5.74) is 1.94. The number of halogens is 1. The van der Waals surface area contributed by atoms with Gasteiger partial charge in [0.25, 0.3) is 0 Å². The van der Waals surface area contributed by atoms with Crippen molar-refractivity contribution in [3.8, 4) is 11.8 Å². The highest BCUT2D eigenvalue weighted by molar-refractivity contribution is 6.30. The van der Waals surface area contributed by atoms with Gasteiger partial charge in [0.15, 0.2) is 0 Å². The number of benzene rings is 2. The standard InChI is InChI=1S/C25H25ClN2O2/c26-20-6-1-4-18(16-20)11-14-25(30)13-3-7-21(17-25)28-24(29)10-9-19-5-2-8-23-22(19)12-15-27-23/h1-2,4-6,8,12,15-16,21,27,30H,3,7,9-10,13,17H2,(H,28,29)/t21-,25+/m0/s1. The third-order valence-electron chi connectivity index (χ3n) is 5.66. The first-order valence-electron chi connectivity index (χ1n) is 10.4. The molecule has 30 heavy (non-hydrogen) atoms. The summed E-state index contributed by atoms with van der Waals surface area (Å²) in [5.74, 6) is 6.06. The Bertz CT molecular complexity index is 1110. The van der Waals surface area contributed by atoms with E-state index in [2.05, 4.69) is 28.2 Å². The average molecular weight is 421 g/mol. The van der Waals surface area contributed by atoms with E-state index in [0.717, 1.165) is 34.9 Å². The number of carbonyl (C=O) groups excluding carboxylic acids is 1. The third kappa shape index (κ3) is 5.05. The van der Waals surface area contributed by atoms with Crippen LogP contribution in [0.1, 0.15) is 43.2 Å². The summed E-state index contributed by atoms with van der Waals surface area (Å²) in [6.45, 7) is 0. The van der Waals surface area contributed by atoms with Crippen molar-refractivity contribution in [3.63, 3.8) is 0 Å². The Balaban J connectivity index is 1.34. The number of fused-ring (bicyclic) bond motifs is 1. The molecular formula is C25H25ClN2O2. The van der Waals surface area contributed by atoms with Gasteiger partial charge in [0.1, 0.15) is 5.60 Å². The lowest BCUT2D eigenvalue weighted by Crippen LogP contribution is -2.45. The van der Waals surface area contributed by atoms with Gasteiger partial charge in [-0.15, -0.1) is 0 Å². The van der Waals surface area contributed by atoms with E-state index in [0.29, 0.717) is 30.7 Å². The van der Waals surface area contributed by atoms with Gasteiger partial charge in [-0.2, -0.15) is 0 Å². The van der Waals surface area contributed by atoms with Gasteiger partial charge < -0.3 is 15.4 Å². The SMILES string of the molecule is O=C(CCc1cccc2[nH]ccc12)N[C@H]1CCC[C@@](O)(C#Cc2cccc(Cl)c2)C1. The van der Waals surface area contributed by atoms with E-state index in [9.17, 15) is 9.90 Å². The van der Waals surface area contributed by atoms with Crippen molar-refractivity contribution in [1.82, 2.24) is 10.3 Å². The molecule has 1 aliphatic carbocycles. The predicted molar refractivity (Wildman–Crippen MR) is 120 cm³/mol. The van der Waals surface area contributed by atoms with Crippen LogP contribution < -0.4 is 5.32 Å². The van der Waals surface area contributed by atoms with Gasteiger partial charge in [0.2, 0.25) is 5.91 Å². The number of carbonyl (C=O) groups is 1. The molecule has 3 N–H and O–H groups in total. The third-order valence-corrected chi connectivity index (χ3v) is 5.90. The Kier molecular flexibility index (Phi) is 6.13. The Morgan fingerprint density at radius 2 is 2.13 bits per heavy atom. The van der Waals surface area contributed by atoms with E-state index in [1.165, 1.54) is 0 Å². The molecular weight excluding hydrogens is 396 g/mol. The first-order chi connectivity index (χ1) is 14.5. The average Bonchev–Trinajstić information content (AvgIpc) is 3.20. The van der Waals surface area contributed by atoms with Crippen molar-refractivity contribution in [3.05, 3.63) is 70.9 Å². The fourth-order valence-corrected chi connectivity index (χ4v) is 4.35. The lowest BCUT2D eigenvalue weighted by Gasteiger charge is -2.33. The highest BCUT2D eigenvalue weighted by Crippen LogP contribution is 2.28. The number of amides is 1. The lowest BCUT2D eigenvalue weighted by molar-refractivity contribution is -0.122. The van der Waals surface area contributed by atoms with Crippen LogP contribution in [-0.4, -0.2) is 27.6 Å². The molecule has 2 atom stereocenters. The Labute approximate surface area is 181 Å². The van der Waals surface area contributed by atoms with Gasteiger partial charge >= 0.3 is 0 Å². The molecule has 0 unspecified atom stereocenters. The number of hydrogen-bond acceptors (Lipinski definition) is 2. The van der Waals surface area contributed by atoms with Crippen LogP contribution in [0.2, 0.25) is 5.02 Å². The maximum absolute atomic E-state index is 12.5. The zero-order valence-electron chi connectivity index (χ0n) is 16.7. The zero-order chi connectivity index (χ0) is 21.0.